The quantitative estimate of drug-likeness (QED) is 0.821. The van der Waals surface area contributed by atoms with Gasteiger partial charge in [-0.2, -0.15) is 0 Å². The van der Waals surface area contributed by atoms with Crippen LogP contribution in [0, 0.1) is 5.92 Å². The van der Waals surface area contributed by atoms with Gasteiger partial charge in [-0.25, -0.2) is 4.98 Å². The Labute approximate surface area is 151 Å². The molecule has 3 rings (SSSR count). The van der Waals surface area contributed by atoms with Crippen LogP contribution in [0.5, 0.6) is 0 Å². The molecule has 1 aromatic heterocycles. The normalized spacial score (nSPS) is 17.7. The number of hydrogen-bond donors (Lipinski definition) is 1. The molecule has 1 aliphatic rings. The lowest BCUT2D eigenvalue weighted by molar-refractivity contribution is -0.118. The van der Waals surface area contributed by atoms with Crippen molar-refractivity contribution in [1.82, 2.24) is 10.3 Å². The molecule has 0 spiro atoms. The van der Waals surface area contributed by atoms with Gasteiger partial charge in [0, 0.05) is 37.0 Å². The van der Waals surface area contributed by atoms with Gasteiger partial charge in [0.1, 0.15) is 0 Å². The van der Waals surface area contributed by atoms with Crippen LogP contribution < -0.4 is 10.2 Å². The largest absolute Gasteiger partial charge is 0.355 e. The number of nitrogens with zero attached hydrogens (tertiary/aromatic N) is 2. The highest BCUT2D eigenvalue weighted by Crippen LogP contribution is 2.24. The van der Waals surface area contributed by atoms with Crippen LogP contribution in [0.25, 0.3) is 0 Å². The maximum Gasteiger partial charge on any atom is 0.230 e. The second-order valence-corrected chi connectivity index (χ2v) is 7.91. The Kier molecular flexibility index (Phi) is 6.55. The average Bonchev–Trinajstić information content (AvgIpc) is 3.16. The highest BCUT2D eigenvalue weighted by molar-refractivity contribution is 7.99. The summed E-state index contributed by atoms with van der Waals surface area (Å²) in [5.41, 5.74) is 1.27. The monoisotopic (exact) mass is 361 g/mol. The van der Waals surface area contributed by atoms with E-state index in [1.54, 1.807) is 23.1 Å². The molecule has 6 heteroatoms. The summed E-state index contributed by atoms with van der Waals surface area (Å²) in [7, 11) is 0. The van der Waals surface area contributed by atoms with Crippen molar-refractivity contribution in [3.05, 3.63) is 47.5 Å². The maximum absolute atomic E-state index is 12.0. The van der Waals surface area contributed by atoms with Gasteiger partial charge in [0.05, 0.1) is 5.75 Å². The molecule has 2 aromatic rings. The number of hydrogen-bond acceptors (Lipinski definition) is 5. The van der Waals surface area contributed by atoms with Gasteiger partial charge in [0.2, 0.25) is 5.91 Å². The van der Waals surface area contributed by atoms with E-state index in [2.05, 4.69) is 27.3 Å². The summed E-state index contributed by atoms with van der Waals surface area (Å²) in [5, 5.41) is 6.22. The number of benzene rings is 1. The van der Waals surface area contributed by atoms with Crippen molar-refractivity contribution in [2.75, 3.05) is 30.3 Å². The van der Waals surface area contributed by atoms with Gasteiger partial charge in [-0.15, -0.1) is 23.1 Å². The van der Waals surface area contributed by atoms with Gasteiger partial charge in [0.15, 0.2) is 5.13 Å². The zero-order valence-electron chi connectivity index (χ0n) is 13.7. The van der Waals surface area contributed by atoms with E-state index in [9.17, 15) is 4.79 Å². The van der Waals surface area contributed by atoms with Gasteiger partial charge in [-0.05, 0) is 24.3 Å². The summed E-state index contributed by atoms with van der Waals surface area (Å²) in [4.78, 5) is 18.8. The van der Waals surface area contributed by atoms with Crippen LogP contribution in [0.1, 0.15) is 18.4 Å². The molecule has 0 aliphatic carbocycles. The topological polar surface area (TPSA) is 45.2 Å². The molecule has 0 radical (unpaired) electrons. The smallest absolute Gasteiger partial charge is 0.230 e. The van der Waals surface area contributed by atoms with E-state index in [4.69, 9.17) is 0 Å². The lowest BCUT2D eigenvalue weighted by Crippen LogP contribution is -2.41. The zero-order chi connectivity index (χ0) is 16.6. The van der Waals surface area contributed by atoms with E-state index in [0.29, 0.717) is 11.7 Å². The van der Waals surface area contributed by atoms with Crippen LogP contribution in [-0.4, -0.2) is 36.3 Å². The molecule has 128 valence electrons. The lowest BCUT2D eigenvalue weighted by atomic mass is 9.98. The number of nitrogens with one attached hydrogen (secondary N) is 1. The molecule has 0 bridgehead atoms. The van der Waals surface area contributed by atoms with E-state index in [-0.39, 0.29) is 5.91 Å². The van der Waals surface area contributed by atoms with Crippen LogP contribution in [0.2, 0.25) is 0 Å². The highest BCUT2D eigenvalue weighted by atomic mass is 32.2. The Morgan fingerprint density at radius 3 is 3.04 bits per heavy atom. The van der Waals surface area contributed by atoms with Crippen molar-refractivity contribution in [3.63, 3.8) is 0 Å². The number of carbonyl (C=O) groups is 1. The number of thiazole rings is 1. The Bertz CT molecular complexity index is 618. The Morgan fingerprint density at radius 2 is 2.25 bits per heavy atom. The second-order valence-electron chi connectivity index (χ2n) is 6.05. The Hall–Kier alpha value is -1.53. The van der Waals surface area contributed by atoms with Crippen molar-refractivity contribution in [2.24, 2.45) is 5.92 Å². The molecular weight excluding hydrogens is 338 g/mol. The van der Waals surface area contributed by atoms with E-state index >= 15 is 0 Å². The first-order chi connectivity index (χ1) is 11.8. The third kappa shape index (κ3) is 5.24. The van der Waals surface area contributed by atoms with Crippen molar-refractivity contribution in [2.45, 2.75) is 18.6 Å². The molecule has 1 N–H and O–H groups in total. The van der Waals surface area contributed by atoms with Crippen molar-refractivity contribution >= 4 is 34.1 Å². The van der Waals surface area contributed by atoms with Crippen LogP contribution in [0.4, 0.5) is 5.13 Å². The molecule has 1 aromatic carbocycles. The molecular formula is C18H23N3OS2. The zero-order valence-corrected chi connectivity index (χ0v) is 15.3. The van der Waals surface area contributed by atoms with E-state index < -0.39 is 0 Å². The minimum atomic E-state index is 0.141. The third-order valence-electron chi connectivity index (χ3n) is 4.14. The minimum Gasteiger partial charge on any atom is -0.355 e. The number of aromatic nitrogens is 1. The Morgan fingerprint density at radius 1 is 1.38 bits per heavy atom. The maximum atomic E-state index is 12.0. The summed E-state index contributed by atoms with van der Waals surface area (Å²) in [5.74, 6) is 2.07. The predicted octanol–water partition coefficient (Wildman–Crippen LogP) is 3.41. The molecule has 1 aliphatic heterocycles. The average molecular weight is 362 g/mol. The van der Waals surface area contributed by atoms with Crippen LogP contribution in [-0.2, 0) is 10.5 Å². The lowest BCUT2D eigenvalue weighted by Gasteiger charge is -2.32. The van der Waals surface area contributed by atoms with Crippen LogP contribution in [0.3, 0.4) is 0 Å². The highest BCUT2D eigenvalue weighted by Gasteiger charge is 2.21. The predicted molar refractivity (Wildman–Crippen MR) is 103 cm³/mol. The van der Waals surface area contributed by atoms with Gasteiger partial charge >= 0.3 is 0 Å². The van der Waals surface area contributed by atoms with Crippen molar-refractivity contribution in [1.29, 1.82) is 0 Å². The summed E-state index contributed by atoms with van der Waals surface area (Å²) in [6.07, 6.45) is 4.21. The van der Waals surface area contributed by atoms with Crippen molar-refractivity contribution < 1.29 is 4.79 Å². The number of rotatable bonds is 7. The number of anilines is 1. The standard InChI is InChI=1S/C18H23N3OS2/c22-17(14-23-13-15-5-2-1-3-6-15)20-11-16-7-4-9-21(12-16)18-19-8-10-24-18/h1-3,5-6,8,10,16H,4,7,9,11-14H2,(H,20,22). The summed E-state index contributed by atoms with van der Waals surface area (Å²) in [6.45, 7) is 2.84. The van der Waals surface area contributed by atoms with Gasteiger partial charge in [-0.1, -0.05) is 30.3 Å². The number of thioether (sulfide) groups is 1. The first-order valence-electron chi connectivity index (χ1n) is 8.34. The second kappa shape index (κ2) is 9.08. The Balaban J connectivity index is 1.35. The van der Waals surface area contributed by atoms with Gasteiger partial charge in [-0.3, -0.25) is 4.79 Å². The molecule has 24 heavy (non-hydrogen) atoms. The third-order valence-corrected chi connectivity index (χ3v) is 5.98. The number of carbonyl (C=O) groups excluding carboxylic acids is 1. The summed E-state index contributed by atoms with van der Waals surface area (Å²) in [6, 6.07) is 10.3. The van der Waals surface area contributed by atoms with E-state index in [1.165, 1.54) is 18.4 Å². The van der Waals surface area contributed by atoms with Crippen molar-refractivity contribution in [3.8, 4) is 0 Å². The van der Waals surface area contributed by atoms with E-state index in [1.807, 2.05) is 29.8 Å². The van der Waals surface area contributed by atoms with Crippen LogP contribution >= 0.6 is 23.1 Å². The first kappa shape index (κ1) is 17.3. The summed E-state index contributed by atoms with van der Waals surface area (Å²) < 4.78 is 0. The fourth-order valence-electron chi connectivity index (χ4n) is 2.92. The molecule has 1 amide bonds. The molecule has 1 atom stereocenters. The molecule has 1 saturated heterocycles. The molecule has 0 saturated carbocycles. The fraction of sp³-hybridized carbons (Fsp3) is 0.444. The van der Waals surface area contributed by atoms with E-state index in [0.717, 1.165) is 30.5 Å². The minimum absolute atomic E-state index is 0.141. The molecule has 1 unspecified atom stereocenters. The summed E-state index contributed by atoms with van der Waals surface area (Å²) >= 11 is 3.36. The van der Waals surface area contributed by atoms with Gasteiger partial charge < -0.3 is 10.2 Å². The molecule has 2 heterocycles. The first-order valence-corrected chi connectivity index (χ1v) is 10.4. The molecule has 4 nitrogen and oxygen atoms in total. The van der Waals surface area contributed by atoms with Gasteiger partial charge in [0.25, 0.3) is 0 Å². The number of amides is 1. The number of piperidine rings is 1. The fourth-order valence-corrected chi connectivity index (χ4v) is 4.42. The van der Waals surface area contributed by atoms with Crippen LogP contribution in [0.15, 0.2) is 41.9 Å². The molecule has 1 fully saturated rings. The SMILES string of the molecule is O=C(CSCc1ccccc1)NCC1CCCN(c2nccs2)C1.